The fourth-order valence-corrected chi connectivity index (χ4v) is 3.63. The van der Waals surface area contributed by atoms with Gasteiger partial charge < -0.3 is 5.32 Å². The van der Waals surface area contributed by atoms with Crippen LogP contribution in [0.2, 0.25) is 0 Å². The molecule has 1 fully saturated rings. The number of carbonyl (C=O) groups is 1. The fourth-order valence-electron chi connectivity index (χ4n) is 2.48. The number of hydrogen-bond acceptors (Lipinski definition) is 4. The van der Waals surface area contributed by atoms with Crippen LogP contribution in [-0.4, -0.2) is 22.4 Å². The van der Waals surface area contributed by atoms with Gasteiger partial charge in [-0.3, -0.25) is 4.79 Å². The second-order valence-corrected chi connectivity index (χ2v) is 7.28. The average molecular weight is 303 g/mol. The van der Waals surface area contributed by atoms with Crippen LogP contribution >= 0.6 is 11.3 Å². The summed E-state index contributed by atoms with van der Waals surface area (Å²) in [5.74, 6) is 1.95. The minimum Gasteiger partial charge on any atom is -0.351 e. The number of aromatic nitrogens is 2. The van der Waals surface area contributed by atoms with Gasteiger partial charge in [-0.05, 0) is 38.2 Å². The molecule has 2 aromatic rings. The number of amides is 1. The van der Waals surface area contributed by atoms with Crippen molar-refractivity contribution < 1.29 is 4.79 Å². The summed E-state index contributed by atoms with van der Waals surface area (Å²) in [6.07, 6.45) is 2.38. The highest BCUT2D eigenvalue weighted by Crippen LogP contribution is 2.40. The van der Waals surface area contributed by atoms with E-state index < -0.39 is 0 Å². The molecule has 0 aliphatic heterocycles. The van der Waals surface area contributed by atoms with Gasteiger partial charge in [0.1, 0.15) is 10.7 Å². The first-order valence-electron chi connectivity index (χ1n) is 7.53. The van der Waals surface area contributed by atoms with Crippen molar-refractivity contribution in [1.29, 1.82) is 0 Å². The number of fused-ring (bicyclic) bond motifs is 1. The lowest BCUT2D eigenvalue weighted by Gasteiger charge is -2.06. The maximum Gasteiger partial charge on any atom is 0.261 e. The molecular weight excluding hydrogens is 282 g/mol. The molecule has 1 aliphatic rings. The molecule has 0 radical (unpaired) electrons. The van der Waals surface area contributed by atoms with Crippen molar-refractivity contribution in [3.8, 4) is 0 Å². The Morgan fingerprint density at radius 2 is 2.05 bits per heavy atom. The lowest BCUT2D eigenvalue weighted by molar-refractivity contribution is 0.0952. The second-order valence-electron chi connectivity index (χ2n) is 6.28. The summed E-state index contributed by atoms with van der Waals surface area (Å²) in [7, 11) is 0. The highest BCUT2D eigenvalue weighted by atomic mass is 32.1. The summed E-state index contributed by atoms with van der Waals surface area (Å²) in [5.41, 5.74) is 2.01. The number of rotatable bonds is 4. The summed E-state index contributed by atoms with van der Waals surface area (Å²) in [6.45, 7) is 8.90. The van der Waals surface area contributed by atoms with Crippen molar-refractivity contribution in [2.45, 2.75) is 46.5 Å². The Bertz CT molecular complexity index is 701. The molecule has 0 atom stereocenters. The predicted octanol–water partition coefficient (Wildman–Crippen LogP) is 3.57. The minimum absolute atomic E-state index is 0.0107. The van der Waals surface area contributed by atoms with Crippen LogP contribution < -0.4 is 5.32 Å². The van der Waals surface area contributed by atoms with Crippen LogP contribution in [0.25, 0.3) is 10.2 Å². The summed E-state index contributed by atoms with van der Waals surface area (Å²) in [6, 6.07) is 0. The maximum atomic E-state index is 12.3. The number of nitrogens with zero attached hydrogens (tertiary/aromatic N) is 2. The molecule has 1 amide bonds. The molecule has 2 aromatic heterocycles. The molecule has 5 heteroatoms. The second kappa shape index (κ2) is 5.37. The Kier molecular flexibility index (Phi) is 3.69. The first-order valence-corrected chi connectivity index (χ1v) is 8.34. The summed E-state index contributed by atoms with van der Waals surface area (Å²) < 4.78 is 0. The first kappa shape index (κ1) is 14.4. The minimum atomic E-state index is 0.0107. The van der Waals surface area contributed by atoms with Crippen molar-refractivity contribution in [2.75, 3.05) is 6.54 Å². The van der Waals surface area contributed by atoms with Gasteiger partial charge in [0.2, 0.25) is 0 Å². The third kappa shape index (κ3) is 2.79. The summed E-state index contributed by atoms with van der Waals surface area (Å²) >= 11 is 1.49. The van der Waals surface area contributed by atoms with E-state index in [1.165, 1.54) is 24.2 Å². The number of carbonyl (C=O) groups excluding carboxylic acids is 1. The van der Waals surface area contributed by atoms with E-state index in [0.717, 1.165) is 32.2 Å². The van der Waals surface area contributed by atoms with Gasteiger partial charge in [0.05, 0.1) is 10.6 Å². The van der Waals surface area contributed by atoms with Gasteiger partial charge in [0.15, 0.2) is 0 Å². The van der Waals surface area contributed by atoms with Crippen LogP contribution in [0.15, 0.2) is 0 Å². The molecule has 1 N–H and O–H groups in total. The zero-order valence-electron chi connectivity index (χ0n) is 13.0. The number of hydrogen-bond donors (Lipinski definition) is 1. The van der Waals surface area contributed by atoms with Crippen LogP contribution in [0, 0.1) is 19.8 Å². The van der Waals surface area contributed by atoms with Gasteiger partial charge in [0, 0.05) is 17.8 Å². The smallest absolute Gasteiger partial charge is 0.261 e. The monoisotopic (exact) mass is 303 g/mol. The summed E-state index contributed by atoms with van der Waals surface area (Å²) in [5, 5.41) is 4.05. The predicted molar refractivity (Wildman–Crippen MR) is 86.0 cm³/mol. The van der Waals surface area contributed by atoms with Gasteiger partial charge in [-0.2, -0.15) is 0 Å². The average Bonchev–Trinajstić information content (AvgIpc) is 3.21. The van der Waals surface area contributed by atoms with E-state index in [9.17, 15) is 4.79 Å². The van der Waals surface area contributed by atoms with Crippen molar-refractivity contribution in [3.63, 3.8) is 0 Å². The molecule has 0 bridgehead atoms. The van der Waals surface area contributed by atoms with E-state index in [0.29, 0.717) is 18.4 Å². The number of aryl methyl sites for hydroxylation is 2. The third-order valence-electron chi connectivity index (χ3n) is 3.81. The van der Waals surface area contributed by atoms with Gasteiger partial charge in [-0.15, -0.1) is 11.3 Å². The molecule has 1 saturated carbocycles. The SMILES string of the molecule is Cc1nc(C2CC2)nc2sc(C(=O)NCC(C)C)c(C)c12. The summed E-state index contributed by atoms with van der Waals surface area (Å²) in [4.78, 5) is 23.4. The maximum absolute atomic E-state index is 12.3. The quantitative estimate of drug-likeness (QED) is 0.939. The van der Waals surface area contributed by atoms with Crippen molar-refractivity contribution in [1.82, 2.24) is 15.3 Å². The van der Waals surface area contributed by atoms with E-state index in [1.54, 1.807) is 0 Å². The largest absolute Gasteiger partial charge is 0.351 e. The Morgan fingerprint density at radius 1 is 1.33 bits per heavy atom. The molecule has 0 saturated heterocycles. The normalized spacial score (nSPS) is 14.9. The molecule has 3 rings (SSSR count). The van der Waals surface area contributed by atoms with E-state index in [-0.39, 0.29) is 5.91 Å². The number of nitrogens with one attached hydrogen (secondary N) is 1. The van der Waals surface area contributed by atoms with Gasteiger partial charge in [0.25, 0.3) is 5.91 Å². The Morgan fingerprint density at radius 3 is 2.67 bits per heavy atom. The molecular formula is C16H21N3OS. The molecule has 1 aliphatic carbocycles. The van der Waals surface area contributed by atoms with Gasteiger partial charge in [-0.1, -0.05) is 13.8 Å². The lowest BCUT2D eigenvalue weighted by atomic mass is 10.1. The Balaban J connectivity index is 1.98. The fraction of sp³-hybridized carbons (Fsp3) is 0.562. The molecule has 112 valence electrons. The Labute approximate surface area is 129 Å². The van der Waals surface area contributed by atoms with Crippen LogP contribution in [0.3, 0.4) is 0 Å². The van der Waals surface area contributed by atoms with Crippen molar-refractivity contribution >= 4 is 27.5 Å². The van der Waals surface area contributed by atoms with Gasteiger partial charge in [-0.25, -0.2) is 9.97 Å². The Hall–Kier alpha value is -1.49. The van der Waals surface area contributed by atoms with Crippen LogP contribution in [0.5, 0.6) is 0 Å². The van der Waals surface area contributed by atoms with Gasteiger partial charge >= 0.3 is 0 Å². The van der Waals surface area contributed by atoms with E-state index in [4.69, 9.17) is 0 Å². The highest BCUT2D eigenvalue weighted by molar-refractivity contribution is 7.20. The molecule has 4 nitrogen and oxygen atoms in total. The standard InChI is InChI=1S/C16H21N3OS/c1-8(2)7-17-15(20)13-9(3)12-10(4)18-14(11-5-6-11)19-16(12)21-13/h8,11H,5-7H2,1-4H3,(H,17,20). The zero-order chi connectivity index (χ0) is 15.1. The van der Waals surface area contributed by atoms with E-state index in [1.807, 2.05) is 13.8 Å². The molecule has 21 heavy (non-hydrogen) atoms. The van der Waals surface area contributed by atoms with Crippen molar-refractivity contribution in [3.05, 3.63) is 22.0 Å². The van der Waals surface area contributed by atoms with Crippen molar-refractivity contribution in [2.24, 2.45) is 5.92 Å². The van der Waals surface area contributed by atoms with E-state index in [2.05, 4.69) is 29.1 Å². The lowest BCUT2D eigenvalue weighted by Crippen LogP contribution is -2.27. The zero-order valence-corrected chi connectivity index (χ0v) is 13.8. The molecule has 0 aromatic carbocycles. The first-order chi connectivity index (χ1) is 9.97. The molecule has 2 heterocycles. The van der Waals surface area contributed by atoms with E-state index >= 15 is 0 Å². The van der Waals surface area contributed by atoms with Crippen LogP contribution in [-0.2, 0) is 0 Å². The number of thiophene rings is 1. The van der Waals surface area contributed by atoms with Crippen LogP contribution in [0.1, 0.15) is 59.4 Å². The molecule has 0 spiro atoms. The topological polar surface area (TPSA) is 54.9 Å². The van der Waals surface area contributed by atoms with Crippen LogP contribution in [0.4, 0.5) is 0 Å². The molecule has 0 unspecified atom stereocenters. The highest BCUT2D eigenvalue weighted by Gasteiger charge is 2.28. The third-order valence-corrected chi connectivity index (χ3v) is 4.99.